The zero-order valence-corrected chi connectivity index (χ0v) is 15.6. The summed E-state index contributed by atoms with van der Waals surface area (Å²) in [5.74, 6) is -0.254. The topological polar surface area (TPSA) is 84.3 Å². The molecule has 0 radical (unpaired) electrons. The molecule has 7 nitrogen and oxygen atoms in total. The van der Waals surface area contributed by atoms with Gasteiger partial charge in [-0.25, -0.2) is 17.7 Å². The molecule has 0 spiro atoms. The average Bonchev–Trinajstić information content (AvgIpc) is 2.99. The van der Waals surface area contributed by atoms with E-state index in [1.165, 1.54) is 26.2 Å². The Morgan fingerprint density at radius 2 is 1.92 bits per heavy atom. The van der Waals surface area contributed by atoms with Gasteiger partial charge in [-0.2, -0.15) is 0 Å². The Bertz CT molecular complexity index is 1070. The number of anilines is 1. The normalized spacial score (nSPS) is 11.8. The van der Waals surface area contributed by atoms with Gasteiger partial charge in [0.25, 0.3) is 0 Å². The third kappa shape index (κ3) is 3.47. The molecule has 0 bridgehead atoms. The summed E-state index contributed by atoms with van der Waals surface area (Å²) in [5, 5.41) is 2.79. The molecule has 0 aliphatic rings. The zero-order valence-electron chi connectivity index (χ0n) is 14.8. The summed E-state index contributed by atoms with van der Waals surface area (Å²) in [7, 11) is -0.624. The molecule has 0 aliphatic carbocycles. The van der Waals surface area contributed by atoms with E-state index in [2.05, 4.69) is 10.3 Å². The molecule has 0 aliphatic heterocycles. The third-order valence-electron chi connectivity index (χ3n) is 4.10. The summed E-state index contributed by atoms with van der Waals surface area (Å²) >= 11 is 0. The third-order valence-corrected chi connectivity index (χ3v) is 5.91. The van der Waals surface area contributed by atoms with Gasteiger partial charge < -0.3 is 9.88 Å². The van der Waals surface area contributed by atoms with Gasteiger partial charge in [-0.05, 0) is 36.8 Å². The van der Waals surface area contributed by atoms with Crippen molar-refractivity contribution < 1.29 is 13.2 Å². The number of amides is 1. The van der Waals surface area contributed by atoms with E-state index in [-0.39, 0.29) is 17.3 Å². The monoisotopic (exact) mass is 372 g/mol. The minimum atomic E-state index is -3.56. The van der Waals surface area contributed by atoms with E-state index < -0.39 is 10.0 Å². The summed E-state index contributed by atoms with van der Waals surface area (Å²) in [4.78, 5) is 16.8. The van der Waals surface area contributed by atoms with E-state index in [1.54, 1.807) is 17.0 Å². The molecule has 3 rings (SSSR count). The minimum absolute atomic E-state index is 0.0879. The van der Waals surface area contributed by atoms with Crippen LogP contribution in [0.2, 0.25) is 0 Å². The lowest BCUT2D eigenvalue weighted by Gasteiger charge is -2.14. The number of fused-ring (bicyclic) bond motifs is 1. The first-order chi connectivity index (χ1) is 12.3. The van der Waals surface area contributed by atoms with Crippen molar-refractivity contribution in [2.45, 2.75) is 18.4 Å². The van der Waals surface area contributed by atoms with Gasteiger partial charge in [0.2, 0.25) is 15.9 Å². The van der Waals surface area contributed by atoms with Gasteiger partial charge in [0.1, 0.15) is 6.54 Å². The Kier molecular flexibility index (Phi) is 4.80. The molecule has 26 heavy (non-hydrogen) atoms. The molecule has 0 saturated carbocycles. The van der Waals surface area contributed by atoms with Gasteiger partial charge in [0.05, 0.1) is 22.3 Å². The molecule has 1 amide bonds. The molecule has 0 atom stereocenters. The van der Waals surface area contributed by atoms with Crippen LogP contribution in [0, 0.1) is 6.92 Å². The first kappa shape index (κ1) is 18.1. The maximum absolute atomic E-state index is 12.5. The molecule has 1 heterocycles. The van der Waals surface area contributed by atoms with Crippen LogP contribution in [0.1, 0.15) is 5.56 Å². The zero-order chi connectivity index (χ0) is 18.9. The Balaban J connectivity index is 1.83. The van der Waals surface area contributed by atoms with Crippen LogP contribution >= 0.6 is 0 Å². The summed E-state index contributed by atoms with van der Waals surface area (Å²) < 4.78 is 27.5. The lowest BCUT2D eigenvalue weighted by molar-refractivity contribution is -0.116. The number of carbonyl (C=O) groups is 1. The molecule has 8 heteroatoms. The number of hydrogen-bond acceptors (Lipinski definition) is 4. The Morgan fingerprint density at radius 1 is 1.19 bits per heavy atom. The minimum Gasteiger partial charge on any atom is -0.324 e. The van der Waals surface area contributed by atoms with E-state index in [1.807, 2.05) is 31.2 Å². The lowest BCUT2D eigenvalue weighted by atomic mass is 10.2. The molecule has 136 valence electrons. The predicted octanol–water partition coefficient (Wildman–Crippen LogP) is 2.23. The van der Waals surface area contributed by atoms with Crippen molar-refractivity contribution in [2.75, 3.05) is 19.4 Å². The van der Waals surface area contributed by atoms with Crippen LogP contribution in [-0.2, 0) is 21.4 Å². The number of carbonyl (C=O) groups excluding carboxylic acids is 1. The van der Waals surface area contributed by atoms with Crippen LogP contribution in [0.3, 0.4) is 0 Å². The molecule has 1 aromatic heterocycles. The highest BCUT2D eigenvalue weighted by molar-refractivity contribution is 7.89. The quantitative estimate of drug-likeness (QED) is 0.744. The van der Waals surface area contributed by atoms with Crippen LogP contribution in [0.25, 0.3) is 11.0 Å². The SMILES string of the molecule is Cc1ccc(S(=O)(=O)N(C)C)cc1NC(=O)Cn1cnc2ccccc21. The maximum atomic E-state index is 12.5. The van der Waals surface area contributed by atoms with Gasteiger partial charge in [0.15, 0.2) is 0 Å². The van der Waals surface area contributed by atoms with Gasteiger partial charge in [-0.1, -0.05) is 18.2 Å². The predicted molar refractivity (Wildman–Crippen MR) is 100 cm³/mol. The molecule has 0 saturated heterocycles. The smallest absolute Gasteiger partial charge is 0.244 e. The lowest BCUT2D eigenvalue weighted by Crippen LogP contribution is -2.23. The maximum Gasteiger partial charge on any atom is 0.244 e. The van der Waals surface area contributed by atoms with Crippen molar-refractivity contribution in [3.63, 3.8) is 0 Å². The fourth-order valence-corrected chi connectivity index (χ4v) is 3.52. The van der Waals surface area contributed by atoms with Crippen LogP contribution in [-0.4, -0.2) is 42.3 Å². The van der Waals surface area contributed by atoms with Crippen molar-refractivity contribution in [1.82, 2.24) is 13.9 Å². The Labute approximate surface area is 152 Å². The van der Waals surface area contributed by atoms with E-state index in [0.717, 1.165) is 20.9 Å². The molecular weight excluding hydrogens is 352 g/mol. The number of aryl methyl sites for hydroxylation is 1. The highest BCUT2D eigenvalue weighted by Gasteiger charge is 2.19. The number of nitrogens with one attached hydrogen (secondary N) is 1. The van der Waals surface area contributed by atoms with Crippen LogP contribution in [0.4, 0.5) is 5.69 Å². The number of nitrogens with zero attached hydrogens (tertiary/aromatic N) is 3. The first-order valence-corrected chi connectivity index (χ1v) is 9.46. The summed E-state index contributed by atoms with van der Waals surface area (Å²) in [6.07, 6.45) is 1.62. The number of imidazole rings is 1. The average molecular weight is 372 g/mol. The van der Waals surface area contributed by atoms with E-state index in [0.29, 0.717) is 5.69 Å². The number of aromatic nitrogens is 2. The number of sulfonamides is 1. The van der Waals surface area contributed by atoms with Crippen LogP contribution in [0.15, 0.2) is 53.7 Å². The van der Waals surface area contributed by atoms with Gasteiger partial charge >= 0.3 is 0 Å². The Hall–Kier alpha value is -2.71. The number of rotatable bonds is 5. The van der Waals surface area contributed by atoms with Crippen molar-refractivity contribution in [3.05, 3.63) is 54.4 Å². The second kappa shape index (κ2) is 6.89. The van der Waals surface area contributed by atoms with Crippen molar-refractivity contribution in [2.24, 2.45) is 0 Å². The van der Waals surface area contributed by atoms with Crippen molar-refractivity contribution in [3.8, 4) is 0 Å². The molecule has 0 unspecified atom stereocenters. The fraction of sp³-hybridized carbons (Fsp3) is 0.222. The largest absolute Gasteiger partial charge is 0.324 e. The molecular formula is C18H20N4O3S. The summed E-state index contributed by atoms with van der Waals surface area (Å²) in [6.45, 7) is 1.90. The second-order valence-electron chi connectivity index (χ2n) is 6.17. The van der Waals surface area contributed by atoms with Crippen molar-refractivity contribution in [1.29, 1.82) is 0 Å². The van der Waals surface area contributed by atoms with Crippen LogP contribution in [0.5, 0.6) is 0 Å². The summed E-state index contributed by atoms with van der Waals surface area (Å²) in [6, 6.07) is 12.2. The number of hydrogen-bond donors (Lipinski definition) is 1. The highest BCUT2D eigenvalue weighted by Crippen LogP contribution is 2.22. The first-order valence-electron chi connectivity index (χ1n) is 8.02. The molecule has 2 aromatic carbocycles. The van der Waals surface area contributed by atoms with Crippen LogP contribution < -0.4 is 5.32 Å². The van der Waals surface area contributed by atoms with Gasteiger partial charge in [-0.3, -0.25) is 4.79 Å². The standard InChI is InChI=1S/C18H20N4O3S/c1-13-8-9-14(26(24,25)21(2)3)10-16(13)20-18(23)11-22-12-19-15-6-4-5-7-17(15)22/h4-10,12H,11H2,1-3H3,(H,20,23). The molecule has 1 N–H and O–H groups in total. The Morgan fingerprint density at radius 3 is 2.65 bits per heavy atom. The van der Waals surface area contributed by atoms with E-state index >= 15 is 0 Å². The second-order valence-corrected chi connectivity index (χ2v) is 8.33. The molecule has 0 fully saturated rings. The molecule has 3 aromatic rings. The van der Waals surface area contributed by atoms with E-state index in [4.69, 9.17) is 0 Å². The number of para-hydroxylation sites is 2. The van der Waals surface area contributed by atoms with Gasteiger partial charge in [-0.15, -0.1) is 0 Å². The highest BCUT2D eigenvalue weighted by atomic mass is 32.2. The number of benzene rings is 2. The summed E-state index contributed by atoms with van der Waals surface area (Å²) in [5.41, 5.74) is 2.94. The van der Waals surface area contributed by atoms with E-state index in [9.17, 15) is 13.2 Å². The van der Waals surface area contributed by atoms with Gasteiger partial charge in [0, 0.05) is 19.8 Å². The fourth-order valence-electron chi connectivity index (χ4n) is 2.59. The van der Waals surface area contributed by atoms with Crippen molar-refractivity contribution >= 4 is 32.7 Å².